The number of oxazole rings is 1. The number of aryl methyl sites for hydroxylation is 1. The summed E-state index contributed by atoms with van der Waals surface area (Å²) in [6.07, 6.45) is 1.60. The normalized spacial score (nSPS) is 14.1. The van der Waals surface area contributed by atoms with E-state index in [0.29, 0.717) is 11.7 Å². The number of rotatable bonds is 4. The Kier molecular flexibility index (Phi) is 4.27. The molecule has 2 atom stereocenters. The van der Waals surface area contributed by atoms with Gasteiger partial charge in [-0.05, 0) is 19.8 Å². The van der Waals surface area contributed by atoms with Crippen molar-refractivity contribution in [1.82, 2.24) is 10.3 Å². The van der Waals surface area contributed by atoms with Crippen LogP contribution in [0.1, 0.15) is 38.5 Å². The minimum atomic E-state index is -0.645. The molecular formula is C12H17N3O2. The van der Waals surface area contributed by atoms with E-state index in [2.05, 4.69) is 10.3 Å². The van der Waals surface area contributed by atoms with Crippen LogP contribution in [-0.2, 0) is 4.79 Å². The fraction of sp³-hybridized carbons (Fsp3) is 0.583. The second-order valence-electron chi connectivity index (χ2n) is 4.39. The number of nitrogens with one attached hydrogen (secondary N) is 1. The molecule has 1 amide bonds. The van der Waals surface area contributed by atoms with Gasteiger partial charge in [0.1, 0.15) is 17.7 Å². The predicted molar refractivity (Wildman–Crippen MR) is 61.7 cm³/mol. The molecule has 1 aromatic heterocycles. The first-order valence-electron chi connectivity index (χ1n) is 5.58. The summed E-state index contributed by atoms with van der Waals surface area (Å²) in [6.45, 7) is 7.25. The van der Waals surface area contributed by atoms with Crippen LogP contribution >= 0.6 is 0 Å². The highest BCUT2D eigenvalue weighted by Crippen LogP contribution is 2.15. The first-order chi connectivity index (χ1) is 7.95. The topological polar surface area (TPSA) is 78.9 Å². The summed E-state index contributed by atoms with van der Waals surface area (Å²) in [6, 6.07) is 1.67. The van der Waals surface area contributed by atoms with Gasteiger partial charge in [-0.2, -0.15) is 5.26 Å². The van der Waals surface area contributed by atoms with Gasteiger partial charge in [0, 0.05) is 0 Å². The molecule has 0 aliphatic carbocycles. The van der Waals surface area contributed by atoms with E-state index in [9.17, 15) is 4.79 Å². The minimum absolute atomic E-state index is 0.0153. The van der Waals surface area contributed by atoms with E-state index in [1.807, 2.05) is 19.9 Å². The smallest absolute Gasteiger partial charge is 0.238 e. The Hall–Kier alpha value is -1.83. The number of carbonyl (C=O) groups excluding carboxylic acids is 1. The molecule has 1 aromatic rings. The summed E-state index contributed by atoms with van der Waals surface area (Å²) in [7, 11) is 0. The average Bonchev–Trinajstić information content (AvgIpc) is 2.65. The number of hydrogen-bond acceptors (Lipinski definition) is 4. The quantitative estimate of drug-likeness (QED) is 0.865. The fourth-order valence-electron chi connectivity index (χ4n) is 1.45. The Balaban J connectivity index is 2.66. The molecule has 0 aromatic carbocycles. The number of carbonyl (C=O) groups is 1. The summed E-state index contributed by atoms with van der Waals surface area (Å²) in [5.74, 6) is 0.205. The van der Waals surface area contributed by atoms with E-state index in [0.717, 1.165) is 0 Å². The highest BCUT2D eigenvalue weighted by molar-refractivity contribution is 5.81. The van der Waals surface area contributed by atoms with Crippen molar-refractivity contribution in [3.63, 3.8) is 0 Å². The van der Waals surface area contributed by atoms with Crippen LogP contribution in [0.25, 0.3) is 0 Å². The Morgan fingerprint density at radius 1 is 1.53 bits per heavy atom. The maximum absolute atomic E-state index is 11.8. The lowest BCUT2D eigenvalue weighted by molar-refractivity contribution is -0.125. The van der Waals surface area contributed by atoms with E-state index in [1.165, 1.54) is 0 Å². The second-order valence-corrected chi connectivity index (χ2v) is 4.39. The van der Waals surface area contributed by atoms with Crippen LogP contribution in [0.5, 0.6) is 0 Å². The van der Waals surface area contributed by atoms with Crippen molar-refractivity contribution >= 4 is 5.91 Å². The molecule has 0 aliphatic rings. The summed E-state index contributed by atoms with van der Waals surface area (Å²) in [5.41, 5.74) is 0. The molecule has 92 valence electrons. The predicted octanol–water partition coefficient (Wildman–Crippen LogP) is 1.96. The Bertz CT molecular complexity index is 431. The molecule has 0 radical (unpaired) electrons. The van der Waals surface area contributed by atoms with Crippen LogP contribution in [-0.4, -0.2) is 10.9 Å². The van der Waals surface area contributed by atoms with Crippen molar-refractivity contribution in [1.29, 1.82) is 5.26 Å². The van der Waals surface area contributed by atoms with Crippen LogP contribution in [0.4, 0.5) is 0 Å². The number of hydrogen-bond donors (Lipinski definition) is 1. The molecule has 0 saturated heterocycles. The molecule has 0 aliphatic heterocycles. The van der Waals surface area contributed by atoms with Crippen molar-refractivity contribution < 1.29 is 9.21 Å². The zero-order valence-corrected chi connectivity index (χ0v) is 10.5. The second kappa shape index (κ2) is 5.48. The lowest BCUT2D eigenvalue weighted by Gasteiger charge is -2.16. The maximum atomic E-state index is 11.8. The van der Waals surface area contributed by atoms with E-state index in [4.69, 9.17) is 9.68 Å². The minimum Gasteiger partial charge on any atom is -0.444 e. The molecular weight excluding hydrogens is 218 g/mol. The monoisotopic (exact) mass is 235 g/mol. The van der Waals surface area contributed by atoms with Crippen molar-refractivity contribution in [2.45, 2.75) is 33.7 Å². The van der Waals surface area contributed by atoms with Gasteiger partial charge in [0.25, 0.3) is 0 Å². The van der Waals surface area contributed by atoms with Gasteiger partial charge in [0.2, 0.25) is 11.8 Å². The van der Waals surface area contributed by atoms with Gasteiger partial charge in [0.15, 0.2) is 0 Å². The Labute approximate surface area is 101 Å². The molecule has 1 rings (SSSR count). The van der Waals surface area contributed by atoms with Crippen LogP contribution in [0, 0.1) is 30.1 Å². The summed E-state index contributed by atoms with van der Waals surface area (Å²) in [4.78, 5) is 15.8. The Morgan fingerprint density at radius 2 is 2.18 bits per heavy atom. The lowest BCUT2D eigenvalue weighted by Crippen LogP contribution is -2.34. The van der Waals surface area contributed by atoms with Crippen molar-refractivity contribution in [2.24, 2.45) is 11.8 Å². The first kappa shape index (κ1) is 13.2. The molecule has 0 spiro atoms. The van der Waals surface area contributed by atoms with Crippen LogP contribution in [0.15, 0.2) is 10.6 Å². The molecule has 1 N–H and O–H groups in total. The first-order valence-corrected chi connectivity index (χ1v) is 5.58. The van der Waals surface area contributed by atoms with Crippen molar-refractivity contribution in [3.8, 4) is 6.07 Å². The van der Waals surface area contributed by atoms with Crippen LogP contribution in [0.3, 0.4) is 0 Å². The van der Waals surface area contributed by atoms with Gasteiger partial charge in [-0.1, -0.05) is 13.8 Å². The molecule has 5 heteroatoms. The van der Waals surface area contributed by atoms with Crippen LogP contribution < -0.4 is 5.32 Å². The SMILES string of the molecule is Cc1cnc(C(C)NC(=O)C(C#N)C(C)C)o1. The van der Waals surface area contributed by atoms with E-state index in [1.54, 1.807) is 20.0 Å². The molecule has 17 heavy (non-hydrogen) atoms. The van der Waals surface area contributed by atoms with Crippen molar-refractivity contribution in [2.75, 3.05) is 0 Å². The van der Waals surface area contributed by atoms with Crippen molar-refractivity contribution in [3.05, 3.63) is 17.8 Å². The van der Waals surface area contributed by atoms with Gasteiger partial charge in [0.05, 0.1) is 12.3 Å². The maximum Gasteiger partial charge on any atom is 0.238 e. The van der Waals surface area contributed by atoms with Gasteiger partial charge in [-0.15, -0.1) is 0 Å². The number of nitriles is 1. The summed E-state index contributed by atoms with van der Waals surface area (Å²) in [5, 5.41) is 11.6. The standard InChI is InChI=1S/C12H17N3O2/c1-7(2)10(5-13)11(16)15-9(4)12-14-6-8(3)17-12/h6-7,9-10H,1-4H3,(H,15,16). The van der Waals surface area contributed by atoms with Crippen LogP contribution in [0.2, 0.25) is 0 Å². The zero-order chi connectivity index (χ0) is 13.0. The number of nitrogens with zero attached hydrogens (tertiary/aromatic N) is 2. The molecule has 0 saturated carbocycles. The number of aromatic nitrogens is 1. The third-order valence-electron chi connectivity index (χ3n) is 2.46. The Morgan fingerprint density at radius 3 is 2.59 bits per heavy atom. The number of amides is 1. The fourth-order valence-corrected chi connectivity index (χ4v) is 1.45. The molecule has 5 nitrogen and oxygen atoms in total. The molecule has 0 fully saturated rings. The summed E-state index contributed by atoms with van der Waals surface area (Å²) >= 11 is 0. The third-order valence-corrected chi connectivity index (χ3v) is 2.46. The van der Waals surface area contributed by atoms with Gasteiger partial charge in [-0.3, -0.25) is 4.79 Å². The molecule has 0 bridgehead atoms. The molecule has 2 unspecified atom stereocenters. The van der Waals surface area contributed by atoms with E-state index >= 15 is 0 Å². The highest BCUT2D eigenvalue weighted by atomic mass is 16.4. The average molecular weight is 235 g/mol. The largest absolute Gasteiger partial charge is 0.444 e. The highest BCUT2D eigenvalue weighted by Gasteiger charge is 2.24. The molecule has 1 heterocycles. The van der Waals surface area contributed by atoms with Gasteiger partial charge in [-0.25, -0.2) is 4.98 Å². The zero-order valence-electron chi connectivity index (χ0n) is 10.5. The van der Waals surface area contributed by atoms with Gasteiger partial charge >= 0.3 is 0 Å². The van der Waals surface area contributed by atoms with E-state index < -0.39 is 5.92 Å². The van der Waals surface area contributed by atoms with Gasteiger partial charge < -0.3 is 9.73 Å². The van der Waals surface area contributed by atoms with E-state index in [-0.39, 0.29) is 17.9 Å². The lowest BCUT2D eigenvalue weighted by atomic mass is 9.96. The third kappa shape index (κ3) is 3.31. The summed E-state index contributed by atoms with van der Waals surface area (Å²) < 4.78 is 5.31.